The molecule has 0 rings (SSSR count). The minimum atomic E-state index is -0.481. The first-order chi connectivity index (χ1) is 6.26. The minimum Gasteiger partial charge on any atom is -0.442 e. The lowest BCUT2D eigenvalue weighted by Crippen LogP contribution is -2.38. The molecule has 4 heteroatoms. The lowest BCUT2D eigenvalue weighted by atomic mass is 10.2. The van der Waals surface area contributed by atoms with Gasteiger partial charge in [0.25, 0.3) is 0 Å². The summed E-state index contributed by atoms with van der Waals surface area (Å²) in [5.74, 6) is 0.350. The van der Waals surface area contributed by atoms with Gasteiger partial charge in [-0.3, -0.25) is 4.84 Å². The second-order valence-corrected chi connectivity index (χ2v) is 4.62. The van der Waals surface area contributed by atoms with Crippen LogP contribution in [0.25, 0.3) is 0 Å². The molecule has 0 aromatic carbocycles. The number of hydrogen-bond donors (Lipinski definition) is 0. The molecule has 0 aliphatic heterocycles. The molecule has 0 heterocycles. The molecule has 84 valence electrons. The van der Waals surface area contributed by atoms with Gasteiger partial charge in [0, 0.05) is 0 Å². The molecule has 0 fully saturated rings. The summed E-state index contributed by atoms with van der Waals surface area (Å²) in [4.78, 5) is 16.4. The molecule has 14 heavy (non-hydrogen) atoms. The van der Waals surface area contributed by atoms with Crippen LogP contribution in [0, 0.1) is 5.92 Å². The normalized spacial score (nSPS) is 11.6. The van der Waals surface area contributed by atoms with Gasteiger partial charge in [-0.05, 0) is 26.7 Å². The first-order valence-electron chi connectivity index (χ1n) is 4.81. The smallest absolute Gasteiger partial charge is 0.434 e. The average molecular weight is 203 g/mol. The highest BCUT2D eigenvalue weighted by Gasteiger charge is 2.22. The third-order valence-corrected chi connectivity index (χ3v) is 1.35. The van der Waals surface area contributed by atoms with Crippen molar-refractivity contribution in [1.29, 1.82) is 0 Å². The average Bonchev–Trinajstić information content (AvgIpc) is 1.96. The molecule has 0 aliphatic carbocycles. The maximum absolute atomic E-state index is 11.5. The van der Waals surface area contributed by atoms with Crippen molar-refractivity contribution in [2.45, 2.75) is 40.2 Å². The van der Waals surface area contributed by atoms with Crippen LogP contribution < -0.4 is 0 Å². The number of rotatable bonds is 3. The van der Waals surface area contributed by atoms with Crippen LogP contribution in [-0.2, 0) is 9.57 Å². The predicted octanol–water partition coefficient (Wildman–Crippen LogP) is 2.44. The number of carbonyl (C=O) groups excluding carboxylic acids is 1. The molecule has 1 amide bonds. The summed E-state index contributed by atoms with van der Waals surface area (Å²) < 4.78 is 5.15. The molecule has 0 radical (unpaired) electrons. The molecule has 0 aromatic rings. The molecule has 0 aromatic heterocycles. The monoisotopic (exact) mass is 203 g/mol. The topological polar surface area (TPSA) is 38.8 Å². The molecular weight excluding hydrogens is 182 g/mol. The van der Waals surface area contributed by atoms with Crippen LogP contribution in [0.2, 0.25) is 0 Å². The number of hydroxylamine groups is 2. The molecule has 0 bridgehead atoms. The zero-order chi connectivity index (χ0) is 11.4. The van der Waals surface area contributed by atoms with Crippen LogP contribution in [0.1, 0.15) is 34.6 Å². The first kappa shape index (κ1) is 13.2. The van der Waals surface area contributed by atoms with Crippen LogP contribution in [0.15, 0.2) is 0 Å². The van der Waals surface area contributed by atoms with E-state index in [-0.39, 0.29) is 0 Å². The molecule has 0 unspecified atom stereocenters. The van der Waals surface area contributed by atoms with E-state index >= 15 is 0 Å². The fourth-order valence-corrected chi connectivity index (χ4v) is 0.868. The molecule has 0 aliphatic rings. The number of ether oxygens (including phenoxy) is 1. The van der Waals surface area contributed by atoms with Crippen LogP contribution in [0.3, 0.4) is 0 Å². The maximum Gasteiger partial charge on any atom is 0.434 e. The molecule has 0 saturated carbocycles. The van der Waals surface area contributed by atoms with E-state index in [1.54, 1.807) is 0 Å². The van der Waals surface area contributed by atoms with Crippen molar-refractivity contribution in [1.82, 2.24) is 5.06 Å². The van der Waals surface area contributed by atoms with Crippen LogP contribution in [0.4, 0.5) is 4.79 Å². The Kier molecular flexibility index (Phi) is 4.91. The van der Waals surface area contributed by atoms with E-state index in [0.29, 0.717) is 12.5 Å². The van der Waals surface area contributed by atoms with Crippen molar-refractivity contribution in [3.8, 4) is 0 Å². The van der Waals surface area contributed by atoms with Crippen molar-refractivity contribution in [3.05, 3.63) is 0 Å². The van der Waals surface area contributed by atoms with Gasteiger partial charge in [-0.25, -0.2) is 4.79 Å². The Balaban J connectivity index is 4.18. The Morgan fingerprint density at radius 1 is 1.36 bits per heavy atom. The van der Waals surface area contributed by atoms with Gasteiger partial charge in [-0.15, -0.1) is 0 Å². The largest absolute Gasteiger partial charge is 0.442 e. The highest BCUT2D eigenvalue weighted by atomic mass is 16.7. The summed E-state index contributed by atoms with van der Waals surface area (Å²) in [5.41, 5.74) is -0.481. The molecule has 0 saturated heterocycles. The van der Waals surface area contributed by atoms with Gasteiger partial charge in [0.2, 0.25) is 0 Å². The first-order valence-corrected chi connectivity index (χ1v) is 4.81. The summed E-state index contributed by atoms with van der Waals surface area (Å²) >= 11 is 0. The summed E-state index contributed by atoms with van der Waals surface area (Å²) in [7, 11) is 1.46. The molecular formula is C10H21NO3. The Morgan fingerprint density at radius 3 is 2.14 bits per heavy atom. The number of nitrogens with zero attached hydrogens (tertiary/aromatic N) is 1. The van der Waals surface area contributed by atoms with E-state index in [0.717, 1.165) is 0 Å². The van der Waals surface area contributed by atoms with Gasteiger partial charge in [0.05, 0.1) is 13.7 Å². The standard InChI is InChI=1S/C10H21NO3/c1-8(2)7-11(13-6)9(12)14-10(3,4)5/h8H,7H2,1-6H3. The van der Waals surface area contributed by atoms with Crippen molar-refractivity contribution in [3.63, 3.8) is 0 Å². The van der Waals surface area contributed by atoms with Gasteiger partial charge < -0.3 is 4.74 Å². The molecule has 0 atom stereocenters. The number of amides is 1. The van der Waals surface area contributed by atoms with Gasteiger partial charge in [-0.2, -0.15) is 5.06 Å². The fraction of sp³-hybridized carbons (Fsp3) is 0.900. The Bertz CT molecular complexity index is 184. The van der Waals surface area contributed by atoms with Crippen molar-refractivity contribution in [2.24, 2.45) is 5.92 Å². The maximum atomic E-state index is 11.5. The van der Waals surface area contributed by atoms with Crippen LogP contribution in [0.5, 0.6) is 0 Å². The van der Waals surface area contributed by atoms with Crippen molar-refractivity contribution in [2.75, 3.05) is 13.7 Å². The minimum absolute atomic E-state index is 0.350. The third kappa shape index (κ3) is 5.80. The lowest BCUT2D eigenvalue weighted by molar-refractivity contribution is -0.128. The van der Waals surface area contributed by atoms with Crippen molar-refractivity contribution >= 4 is 6.09 Å². The number of hydrogen-bond acceptors (Lipinski definition) is 3. The van der Waals surface area contributed by atoms with E-state index in [4.69, 9.17) is 9.57 Å². The predicted molar refractivity (Wildman–Crippen MR) is 54.8 cm³/mol. The van der Waals surface area contributed by atoms with Gasteiger partial charge in [-0.1, -0.05) is 13.8 Å². The Labute approximate surface area is 86.1 Å². The number of carbonyl (C=O) groups is 1. The summed E-state index contributed by atoms with van der Waals surface area (Å²) in [6.07, 6.45) is -0.436. The zero-order valence-electron chi connectivity index (χ0n) is 9.96. The summed E-state index contributed by atoms with van der Waals surface area (Å²) in [6, 6.07) is 0. The summed E-state index contributed by atoms with van der Waals surface area (Å²) in [6.45, 7) is 10.0. The highest BCUT2D eigenvalue weighted by Crippen LogP contribution is 2.11. The summed E-state index contributed by atoms with van der Waals surface area (Å²) in [5, 5.41) is 1.23. The van der Waals surface area contributed by atoms with Crippen LogP contribution in [-0.4, -0.2) is 30.4 Å². The van der Waals surface area contributed by atoms with E-state index in [1.165, 1.54) is 12.2 Å². The highest BCUT2D eigenvalue weighted by molar-refractivity contribution is 5.66. The SMILES string of the molecule is CON(CC(C)C)C(=O)OC(C)(C)C. The third-order valence-electron chi connectivity index (χ3n) is 1.35. The molecule has 0 spiro atoms. The van der Waals surface area contributed by atoms with Crippen LogP contribution >= 0.6 is 0 Å². The quantitative estimate of drug-likeness (QED) is 0.661. The zero-order valence-corrected chi connectivity index (χ0v) is 9.96. The fourth-order valence-electron chi connectivity index (χ4n) is 0.868. The van der Waals surface area contributed by atoms with E-state index in [2.05, 4.69) is 0 Å². The van der Waals surface area contributed by atoms with Gasteiger partial charge in [0.15, 0.2) is 0 Å². The second-order valence-electron chi connectivity index (χ2n) is 4.62. The van der Waals surface area contributed by atoms with E-state index in [9.17, 15) is 4.79 Å². The Hall–Kier alpha value is -0.770. The Morgan fingerprint density at radius 2 is 1.86 bits per heavy atom. The van der Waals surface area contributed by atoms with Gasteiger partial charge in [0.1, 0.15) is 5.60 Å². The molecule has 4 nitrogen and oxygen atoms in total. The lowest BCUT2D eigenvalue weighted by Gasteiger charge is -2.26. The van der Waals surface area contributed by atoms with Crippen molar-refractivity contribution < 1.29 is 14.4 Å². The second kappa shape index (κ2) is 5.20. The van der Waals surface area contributed by atoms with E-state index < -0.39 is 11.7 Å². The van der Waals surface area contributed by atoms with Gasteiger partial charge >= 0.3 is 6.09 Å². The van der Waals surface area contributed by atoms with E-state index in [1.807, 2.05) is 34.6 Å². The molecule has 0 N–H and O–H groups in total.